The van der Waals surface area contributed by atoms with Crippen molar-refractivity contribution in [3.8, 4) is 0 Å². The Morgan fingerprint density at radius 2 is 1.46 bits per heavy atom. The maximum absolute atomic E-state index is 5.49. The summed E-state index contributed by atoms with van der Waals surface area (Å²) < 4.78 is 9.84. The SMILES string of the molecule is CCC(CC)(CC(C)(C)OCl)OCl. The fourth-order valence-electron chi connectivity index (χ4n) is 1.44. The van der Waals surface area contributed by atoms with Gasteiger partial charge in [-0.25, -0.2) is 0 Å². The molecule has 0 aromatic heterocycles. The average molecular weight is 229 g/mol. The number of hydrogen-bond donors (Lipinski definition) is 0. The van der Waals surface area contributed by atoms with Crippen molar-refractivity contribution in [1.29, 1.82) is 0 Å². The second-order valence-electron chi connectivity index (χ2n) is 3.98. The van der Waals surface area contributed by atoms with Gasteiger partial charge in [0.2, 0.25) is 0 Å². The van der Waals surface area contributed by atoms with E-state index in [2.05, 4.69) is 0 Å². The maximum atomic E-state index is 5.49. The van der Waals surface area contributed by atoms with Crippen molar-refractivity contribution in [3.63, 3.8) is 0 Å². The van der Waals surface area contributed by atoms with E-state index in [0.29, 0.717) is 6.42 Å². The molecule has 0 radical (unpaired) electrons. The summed E-state index contributed by atoms with van der Waals surface area (Å²) in [5, 5.41) is 0. The van der Waals surface area contributed by atoms with Gasteiger partial charge < -0.3 is 0 Å². The third kappa shape index (κ3) is 4.03. The molecule has 0 saturated carbocycles. The predicted octanol–water partition coefficient (Wildman–Crippen LogP) is 4.05. The molecule has 4 heteroatoms. The largest absolute Gasteiger partial charge is 0.273 e. The summed E-state index contributed by atoms with van der Waals surface area (Å²) >= 11 is 10.9. The van der Waals surface area contributed by atoms with Crippen molar-refractivity contribution in [3.05, 3.63) is 0 Å². The van der Waals surface area contributed by atoms with Gasteiger partial charge in [-0.2, -0.15) is 0 Å². The second kappa shape index (κ2) is 5.40. The van der Waals surface area contributed by atoms with E-state index in [0.717, 1.165) is 12.8 Å². The first-order valence-electron chi connectivity index (χ1n) is 4.55. The Hall–Kier alpha value is 0.500. The molecule has 0 bridgehead atoms. The van der Waals surface area contributed by atoms with Crippen LogP contribution in [0.2, 0.25) is 0 Å². The minimum atomic E-state index is -0.414. The lowest BCUT2D eigenvalue weighted by Gasteiger charge is -2.34. The summed E-state index contributed by atoms with van der Waals surface area (Å²) in [4.78, 5) is 0. The zero-order chi connectivity index (χ0) is 10.5. The molecule has 2 nitrogen and oxygen atoms in total. The van der Waals surface area contributed by atoms with Crippen LogP contribution in [0.1, 0.15) is 47.0 Å². The van der Waals surface area contributed by atoms with Crippen LogP contribution in [0.25, 0.3) is 0 Å². The van der Waals surface area contributed by atoms with Crippen molar-refractivity contribution in [2.24, 2.45) is 0 Å². The fourth-order valence-corrected chi connectivity index (χ4v) is 1.77. The van der Waals surface area contributed by atoms with Crippen molar-refractivity contribution in [2.75, 3.05) is 0 Å². The Morgan fingerprint density at radius 1 is 1.00 bits per heavy atom. The molecule has 13 heavy (non-hydrogen) atoms. The van der Waals surface area contributed by atoms with Crippen LogP contribution in [0, 0.1) is 0 Å². The zero-order valence-corrected chi connectivity index (χ0v) is 10.2. The number of hydrogen-bond acceptors (Lipinski definition) is 2. The second-order valence-corrected chi connectivity index (χ2v) is 4.29. The topological polar surface area (TPSA) is 18.5 Å². The lowest BCUT2D eigenvalue weighted by atomic mass is 9.85. The molecule has 80 valence electrons. The molecule has 0 aromatic rings. The Bertz CT molecular complexity index is 136. The van der Waals surface area contributed by atoms with Crippen LogP contribution in [-0.2, 0) is 8.58 Å². The van der Waals surface area contributed by atoms with E-state index in [9.17, 15) is 0 Å². The first-order chi connectivity index (χ1) is 5.95. The standard InChI is InChI=1S/C9H18Cl2O2/c1-5-9(6-2,13-11)7-8(3,4)12-10/h5-7H2,1-4H3. The first-order valence-corrected chi connectivity index (χ1v) is 5.16. The number of halogens is 2. The molecule has 0 atom stereocenters. The molecule has 0 amide bonds. The van der Waals surface area contributed by atoms with Crippen LogP contribution >= 0.6 is 23.7 Å². The highest BCUT2D eigenvalue weighted by Gasteiger charge is 2.35. The van der Waals surface area contributed by atoms with Crippen LogP contribution < -0.4 is 0 Å². The lowest BCUT2D eigenvalue weighted by Crippen LogP contribution is -2.38. The Morgan fingerprint density at radius 3 is 1.69 bits per heavy atom. The Balaban J connectivity index is 4.41. The molecule has 0 aliphatic carbocycles. The number of rotatable bonds is 6. The van der Waals surface area contributed by atoms with Gasteiger partial charge in [0.1, 0.15) is 0 Å². The molecule has 0 aliphatic rings. The highest BCUT2D eigenvalue weighted by Crippen LogP contribution is 2.33. The van der Waals surface area contributed by atoms with Crippen LogP contribution in [-0.4, -0.2) is 11.2 Å². The quantitative estimate of drug-likeness (QED) is 0.683. The van der Waals surface area contributed by atoms with Gasteiger partial charge in [0.05, 0.1) is 34.9 Å². The van der Waals surface area contributed by atoms with Gasteiger partial charge in [-0.1, -0.05) is 13.8 Å². The summed E-state index contributed by atoms with van der Waals surface area (Å²) in [7, 11) is 0. The van der Waals surface area contributed by atoms with Gasteiger partial charge in [-0.15, -0.1) is 0 Å². The van der Waals surface area contributed by atoms with E-state index in [1.165, 1.54) is 0 Å². The van der Waals surface area contributed by atoms with Crippen LogP contribution in [0.15, 0.2) is 0 Å². The third-order valence-electron chi connectivity index (χ3n) is 2.41. The lowest BCUT2D eigenvalue weighted by molar-refractivity contribution is -0.0132. The maximum Gasteiger partial charge on any atom is 0.0920 e. The summed E-state index contributed by atoms with van der Waals surface area (Å²) in [5.41, 5.74) is -0.748. The molecular weight excluding hydrogens is 211 g/mol. The van der Waals surface area contributed by atoms with E-state index in [1.807, 2.05) is 27.7 Å². The molecule has 0 heterocycles. The van der Waals surface area contributed by atoms with E-state index >= 15 is 0 Å². The molecule has 0 unspecified atom stereocenters. The van der Waals surface area contributed by atoms with Crippen molar-refractivity contribution >= 4 is 23.7 Å². The molecule has 0 aromatic carbocycles. The molecule has 0 N–H and O–H groups in total. The minimum absolute atomic E-state index is 0.333. The van der Waals surface area contributed by atoms with Crippen molar-refractivity contribution in [2.45, 2.75) is 58.2 Å². The molecular formula is C9H18Cl2O2. The summed E-state index contributed by atoms with van der Waals surface area (Å²) in [6.45, 7) is 7.90. The highest BCUT2D eigenvalue weighted by atomic mass is 35.5. The summed E-state index contributed by atoms with van der Waals surface area (Å²) in [5.74, 6) is 0. The van der Waals surface area contributed by atoms with Gasteiger partial charge >= 0.3 is 0 Å². The molecule has 0 saturated heterocycles. The van der Waals surface area contributed by atoms with Gasteiger partial charge in [-0.3, -0.25) is 8.58 Å². The molecule has 0 fully saturated rings. The minimum Gasteiger partial charge on any atom is -0.273 e. The third-order valence-corrected chi connectivity index (χ3v) is 3.15. The summed E-state index contributed by atoms with van der Waals surface area (Å²) in [6, 6.07) is 0. The molecule has 0 aliphatic heterocycles. The monoisotopic (exact) mass is 228 g/mol. The van der Waals surface area contributed by atoms with Crippen LogP contribution in [0.5, 0.6) is 0 Å². The van der Waals surface area contributed by atoms with E-state index < -0.39 is 5.60 Å². The highest BCUT2D eigenvalue weighted by molar-refractivity contribution is 6.08. The van der Waals surface area contributed by atoms with Crippen LogP contribution in [0.3, 0.4) is 0 Å². The summed E-state index contributed by atoms with van der Waals surface area (Å²) in [6.07, 6.45) is 2.37. The normalized spacial score (nSPS) is 13.4. The van der Waals surface area contributed by atoms with Gasteiger partial charge in [0.15, 0.2) is 0 Å². The van der Waals surface area contributed by atoms with Crippen molar-refractivity contribution < 1.29 is 8.58 Å². The van der Waals surface area contributed by atoms with E-state index in [1.54, 1.807) is 0 Å². The Labute approximate surface area is 90.8 Å². The predicted molar refractivity (Wildman–Crippen MR) is 55.9 cm³/mol. The average Bonchev–Trinajstić information content (AvgIpc) is 2.14. The van der Waals surface area contributed by atoms with Gasteiger partial charge in [-0.05, 0) is 26.7 Å². The van der Waals surface area contributed by atoms with Gasteiger partial charge in [0.25, 0.3) is 0 Å². The Kier molecular flexibility index (Phi) is 5.61. The molecule has 0 rings (SSSR count). The molecule has 0 spiro atoms. The smallest absolute Gasteiger partial charge is 0.0920 e. The van der Waals surface area contributed by atoms with E-state index in [4.69, 9.17) is 32.3 Å². The zero-order valence-electron chi connectivity index (χ0n) is 8.69. The van der Waals surface area contributed by atoms with Gasteiger partial charge in [0, 0.05) is 6.42 Å². The van der Waals surface area contributed by atoms with Crippen molar-refractivity contribution in [1.82, 2.24) is 0 Å². The fraction of sp³-hybridized carbons (Fsp3) is 1.00. The van der Waals surface area contributed by atoms with E-state index in [-0.39, 0.29) is 5.60 Å². The van der Waals surface area contributed by atoms with Crippen LogP contribution in [0.4, 0.5) is 0 Å². The first kappa shape index (κ1) is 13.5.